The molecule has 9 nitrogen and oxygen atoms in total. The first kappa shape index (κ1) is 26.3. The number of H-pyrrole nitrogens is 1. The van der Waals surface area contributed by atoms with Gasteiger partial charge in [-0.3, -0.25) is 4.79 Å². The Morgan fingerprint density at radius 2 is 1.95 bits per heavy atom. The number of aromatic amines is 1. The quantitative estimate of drug-likeness (QED) is 0.381. The van der Waals surface area contributed by atoms with Crippen LogP contribution >= 0.6 is 0 Å². The van der Waals surface area contributed by atoms with E-state index < -0.39 is 6.17 Å². The van der Waals surface area contributed by atoms with Crippen molar-refractivity contribution in [2.24, 2.45) is 0 Å². The van der Waals surface area contributed by atoms with Gasteiger partial charge in [-0.2, -0.15) is 0 Å². The van der Waals surface area contributed by atoms with Crippen LogP contribution in [0.3, 0.4) is 0 Å². The summed E-state index contributed by atoms with van der Waals surface area (Å²) >= 11 is 0. The second kappa shape index (κ2) is 10.6. The van der Waals surface area contributed by atoms with Crippen LogP contribution in [-0.2, 0) is 9.47 Å². The van der Waals surface area contributed by atoms with E-state index in [0.29, 0.717) is 60.9 Å². The van der Waals surface area contributed by atoms with Crippen LogP contribution in [0, 0.1) is 19.3 Å². The fraction of sp³-hybridized carbons (Fsp3) is 0.433. The molecule has 3 fully saturated rings. The number of fused-ring (bicyclic) bond motifs is 3. The highest BCUT2D eigenvalue weighted by Crippen LogP contribution is 2.35. The van der Waals surface area contributed by atoms with Gasteiger partial charge in [0.25, 0.3) is 5.56 Å². The Morgan fingerprint density at radius 1 is 1.15 bits per heavy atom. The molecule has 7 rings (SSSR count). The van der Waals surface area contributed by atoms with Crippen molar-refractivity contribution < 1.29 is 18.3 Å². The lowest BCUT2D eigenvalue weighted by molar-refractivity contribution is -0.211. The molecule has 0 saturated carbocycles. The Bertz CT molecular complexity index is 1650. The van der Waals surface area contributed by atoms with Crippen LogP contribution in [0.1, 0.15) is 42.9 Å². The van der Waals surface area contributed by atoms with Crippen LogP contribution in [0.2, 0.25) is 0 Å². The molecule has 1 aromatic carbocycles. The molecule has 1 atom stereocenters. The van der Waals surface area contributed by atoms with Gasteiger partial charge < -0.3 is 28.7 Å². The Kier molecular flexibility index (Phi) is 6.94. The molecule has 3 aromatic heterocycles. The smallest absolute Gasteiger partial charge is 0.271 e. The van der Waals surface area contributed by atoms with E-state index in [4.69, 9.17) is 20.3 Å². The summed E-state index contributed by atoms with van der Waals surface area (Å²) in [5.41, 5.74) is 3.77. The SMILES string of the molecule is C#Cc1c[nH]c(=O)c(N2CCOC3(COC3)C2)c1.Cc1nc(N2CCCC2)c2oc3cc(C(C)F)ccc3c2n1. The number of terminal acetylenes is 1. The van der Waals surface area contributed by atoms with Gasteiger partial charge in [0.2, 0.25) is 0 Å². The summed E-state index contributed by atoms with van der Waals surface area (Å²) in [6.45, 7) is 8.57. The number of benzene rings is 1. The third-order valence-corrected chi connectivity index (χ3v) is 7.67. The summed E-state index contributed by atoms with van der Waals surface area (Å²) < 4.78 is 30.5. The molecule has 4 aromatic rings. The van der Waals surface area contributed by atoms with Crippen LogP contribution in [0.5, 0.6) is 0 Å². The lowest BCUT2D eigenvalue weighted by Crippen LogP contribution is -2.63. The Hall–Kier alpha value is -3.94. The van der Waals surface area contributed by atoms with Crippen LogP contribution < -0.4 is 15.4 Å². The first-order chi connectivity index (χ1) is 19.4. The van der Waals surface area contributed by atoms with Crippen molar-refractivity contribution in [3.63, 3.8) is 0 Å². The molecule has 0 radical (unpaired) electrons. The Labute approximate surface area is 231 Å². The van der Waals surface area contributed by atoms with Crippen LogP contribution in [0.4, 0.5) is 15.9 Å². The number of rotatable bonds is 3. The van der Waals surface area contributed by atoms with E-state index in [2.05, 4.69) is 25.8 Å². The lowest BCUT2D eigenvalue weighted by atomic mass is 9.99. The number of nitrogens with zero attached hydrogens (tertiary/aromatic N) is 4. The molecule has 3 saturated heterocycles. The molecular weight excluding hydrogens is 513 g/mol. The molecule has 3 aliphatic heterocycles. The van der Waals surface area contributed by atoms with E-state index in [1.165, 1.54) is 19.8 Å². The summed E-state index contributed by atoms with van der Waals surface area (Å²) in [4.78, 5) is 27.9. The number of alkyl halides is 1. The van der Waals surface area contributed by atoms with Gasteiger partial charge in [0, 0.05) is 36.8 Å². The summed E-state index contributed by atoms with van der Waals surface area (Å²) in [5.74, 6) is 4.13. The minimum atomic E-state index is -1.01. The fourth-order valence-electron chi connectivity index (χ4n) is 5.49. The van der Waals surface area contributed by atoms with E-state index >= 15 is 0 Å². The van der Waals surface area contributed by atoms with E-state index in [1.54, 1.807) is 24.4 Å². The average Bonchev–Trinajstić information content (AvgIpc) is 3.61. The maximum Gasteiger partial charge on any atom is 0.271 e. The zero-order chi connectivity index (χ0) is 27.9. The van der Waals surface area contributed by atoms with Gasteiger partial charge in [-0.15, -0.1) is 6.42 Å². The zero-order valence-electron chi connectivity index (χ0n) is 22.7. The van der Waals surface area contributed by atoms with E-state index in [1.807, 2.05) is 17.9 Å². The number of halogens is 1. The second-order valence-electron chi connectivity index (χ2n) is 10.6. The van der Waals surface area contributed by atoms with Gasteiger partial charge in [-0.1, -0.05) is 12.0 Å². The highest BCUT2D eigenvalue weighted by atomic mass is 19.1. The molecule has 10 heteroatoms. The third kappa shape index (κ3) is 4.91. The minimum Gasteiger partial charge on any atom is -0.450 e. The van der Waals surface area contributed by atoms with Crippen molar-refractivity contribution in [3.8, 4) is 12.3 Å². The monoisotopic (exact) mass is 545 g/mol. The number of hydrogen-bond donors (Lipinski definition) is 1. The van der Waals surface area contributed by atoms with Crippen LogP contribution in [0.25, 0.3) is 22.1 Å². The molecule has 40 heavy (non-hydrogen) atoms. The predicted molar refractivity (Wildman–Crippen MR) is 152 cm³/mol. The minimum absolute atomic E-state index is 0.119. The molecule has 0 amide bonds. The Morgan fingerprint density at radius 3 is 2.65 bits per heavy atom. The maximum absolute atomic E-state index is 13.5. The number of aryl methyl sites for hydroxylation is 1. The summed E-state index contributed by atoms with van der Waals surface area (Å²) in [6.07, 6.45) is 8.24. The van der Waals surface area contributed by atoms with Crippen molar-refractivity contribution in [2.45, 2.75) is 38.5 Å². The molecule has 3 aliphatic rings. The molecule has 6 heterocycles. The number of pyridine rings is 1. The molecular formula is C30H32FN5O4. The number of hydrogen-bond acceptors (Lipinski definition) is 8. The van der Waals surface area contributed by atoms with Gasteiger partial charge in [0.15, 0.2) is 11.4 Å². The molecule has 0 aliphatic carbocycles. The number of ether oxygens (including phenoxy) is 2. The van der Waals surface area contributed by atoms with Gasteiger partial charge in [0.05, 0.1) is 26.4 Å². The summed E-state index contributed by atoms with van der Waals surface area (Å²) in [7, 11) is 0. The van der Waals surface area contributed by atoms with E-state index in [0.717, 1.165) is 35.6 Å². The van der Waals surface area contributed by atoms with Crippen molar-refractivity contribution in [3.05, 3.63) is 57.8 Å². The standard InChI is InChI=1S/C17H18FN3O.C13H14N2O3/c1-10(18)12-5-6-13-14(9-12)22-16-15(13)19-11(2)20-17(16)21-7-3-4-8-21;1-2-10-5-11(12(16)14-6-10)15-3-4-18-13(7-15)8-17-9-13/h5-6,9-10H,3-4,7-8H2,1-2H3;1,5-6H,3-4,7-9H2,(H,14,16). The van der Waals surface area contributed by atoms with Crippen molar-refractivity contribution in [1.29, 1.82) is 0 Å². The first-order valence-corrected chi connectivity index (χ1v) is 13.6. The van der Waals surface area contributed by atoms with Gasteiger partial charge in [0.1, 0.15) is 34.4 Å². The number of nitrogens with one attached hydrogen (secondary N) is 1. The van der Waals surface area contributed by atoms with E-state index in [9.17, 15) is 9.18 Å². The van der Waals surface area contributed by atoms with Crippen LogP contribution in [0.15, 0.2) is 39.7 Å². The van der Waals surface area contributed by atoms with Gasteiger partial charge >= 0.3 is 0 Å². The largest absolute Gasteiger partial charge is 0.450 e. The van der Waals surface area contributed by atoms with Crippen molar-refractivity contribution in [2.75, 3.05) is 55.8 Å². The maximum atomic E-state index is 13.5. The highest BCUT2D eigenvalue weighted by Gasteiger charge is 2.44. The number of morpholine rings is 1. The van der Waals surface area contributed by atoms with Crippen molar-refractivity contribution in [1.82, 2.24) is 15.0 Å². The fourth-order valence-corrected chi connectivity index (χ4v) is 5.49. The molecule has 1 spiro atoms. The Balaban J connectivity index is 0.000000148. The summed E-state index contributed by atoms with van der Waals surface area (Å²) in [5, 5.41) is 0.922. The normalized spacial score (nSPS) is 18.9. The van der Waals surface area contributed by atoms with E-state index in [-0.39, 0.29) is 11.2 Å². The number of aromatic nitrogens is 3. The number of furan rings is 1. The molecule has 1 N–H and O–H groups in total. The van der Waals surface area contributed by atoms with Crippen molar-refractivity contribution >= 4 is 33.6 Å². The predicted octanol–water partition coefficient (Wildman–Crippen LogP) is 4.28. The lowest BCUT2D eigenvalue weighted by Gasteiger charge is -2.48. The molecule has 208 valence electrons. The highest BCUT2D eigenvalue weighted by molar-refractivity contribution is 6.06. The van der Waals surface area contributed by atoms with Gasteiger partial charge in [-0.05, 0) is 50.5 Å². The average molecular weight is 546 g/mol. The zero-order valence-corrected chi connectivity index (χ0v) is 22.7. The topological polar surface area (TPSA) is 96.7 Å². The first-order valence-electron chi connectivity index (χ1n) is 13.6. The number of anilines is 2. The van der Waals surface area contributed by atoms with Crippen LogP contribution in [-0.4, -0.2) is 66.6 Å². The second-order valence-corrected chi connectivity index (χ2v) is 10.6. The summed E-state index contributed by atoms with van der Waals surface area (Å²) in [6, 6.07) is 7.21. The molecule has 0 bridgehead atoms. The van der Waals surface area contributed by atoms with Gasteiger partial charge in [-0.25, -0.2) is 14.4 Å². The molecule has 1 unspecified atom stereocenters. The third-order valence-electron chi connectivity index (χ3n) is 7.67.